The van der Waals surface area contributed by atoms with Crippen LogP contribution in [0.15, 0.2) is 30.3 Å². The Balaban J connectivity index is 1.57. The molecule has 1 saturated heterocycles. The molecule has 0 aromatic heterocycles. The van der Waals surface area contributed by atoms with Gasteiger partial charge in [-0.3, -0.25) is 14.1 Å². The molecule has 0 aliphatic carbocycles. The van der Waals surface area contributed by atoms with Crippen molar-refractivity contribution in [3.63, 3.8) is 0 Å². The molecule has 4 aliphatic heterocycles. The van der Waals surface area contributed by atoms with Crippen LogP contribution in [0.3, 0.4) is 0 Å². The number of hydroxylamine groups is 2. The highest BCUT2D eigenvalue weighted by atomic mass is 35.5. The lowest BCUT2D eigenvalue weighted by Crippen LogP contribution is -2.51. The molecule has 7 rings (SSSR count). The number of halogens is 2. The van der Waals surface area contributed by atoms with E-state index < -0.39 is 67.2 Å². The summed E-state index contributed by atoms with van der Waals surface area (Å²) in [5.74, 6) is -4.64. The van der Waals surface area contributed by atoms with E-state index in [-0.39, 0.29) is 34.9 Å². The molecule has 0 bridgehead atoms. The molecule has 2 N–H and O–H groups in total. The second-order valence-corrected chi connectivity index (χ2v) is 18.5. The first-order chi connectivity index (χ1) is 26.0. The van der Waals surface area contributed by atoms with Crippen molar-refractivity contribution in [2.24, 2.45) is 0 Å². The molecule has 56 heavy (non-hydrogen) atoms. The number of carboxylic acid groups (broad SMARTS) is 1. The van der Waals surface area contributed by atoms with Gasteiger partial charge in [0.25, 0.3) is 21.9 Å². The van der Waals surface area contributed by atoms with Crippen molar-refractivity contribution in [3.8, 4) is 11.5 Å². The lowest BCUT2D eigenvalue weighted by Gasteiger charge is -2.46. The van der Waals surface area contributed by atoms with Crippen LogP contribution in [0.2, 0.25) is 10.0 Å². The highest BCUT2D eigenvalue weighted by Crippen LogP contribution is 2.50. The molecular weight excluding hydrogens is 785 g/mol. The van der Waals surface area contributed by atoms with Crippen LogP contribution in [0.25, 0.3) is 5.57 Å². The smallest absolute Gasteiger partial charge is 0.365 e. The Morgan fingerprint density at radius 2 is 1.64 bits per heavy atom. The number of carboxylic acids is 1. The second-order valence-electron chi connectivity index (χ2n) is 16.2. The van der Waals surface area contributed by atoms with Crippen LogP contribution in [0.5, 0.6) is 11.5 Å². The van der Waals surface area contributed by atoms with Gasteiger partial charge < -0.3 is 19.6 Å². The normalized spacial score (nSPS) is 20.9. The van der Waals surface area contributed by atoms with E-state index in [9.17, 15) is 37.3 Å². The number of carbonyl (C=O) groups is 4. The number of carbonyl (C=O) groups excluding carboxylic acids is 3. The predicted octanol–water partition coefficient (Wildman–Crippen LogP) is 5.65. The summed E-state index contributed by atoms with van der Waals surface area (Å²) in [6, 6.07) is 8.56. The topological polar surface area (TPSA) is 171 Å². The average molecular weight is 828 g/mol. The average Bonchev–Trinajstić information content (AvgIpc) is 3.42. The van der Waals surface area contributed by atoms with Gasteiger partial charge >= 0.3 is 11.9 Å². The summed E-state index contributed by atoms with van der Waals surface area (Å²) in [5.41, 5.74) is 1.12. The van der Waals surface area contributed by atoms with Gasteiger partial charge in [-0.15, -0.1) is 5.06 Å². The molecule has 296 valence electrons. The van der Waals surface area contributed by atoms with Gasteiger partial charge in [-0.1, -0.05) is 30.1 Å². The van der Waals surface area contributed by atoms with Gasteiger partial charge in [0.1, 0.15) is 18.5 Å². The van der Waals surface area contributed by atoms with E-state index in [1.807, 2.05) is 45.0 Å². The van der Waals surface area contributed by atoms with E-state index in [1.165, 1.54) is 0 Å². The van der Waals surface area contributed by atoms with Crippen molar-refractivity contribution in [2.45, 2.75) is 89.6 Å². The molecule has 2 amide bonds. The fourth-order valence-electron chi connectivity index (χ4n) is 8.63. The monoisotopic (exact) mass is 826 g/mol. The summed E-state index contributed by atoms with van der Waals surface area (Å²) in [6.45, 7) is 10.4. The minimum atomic E-state index is -4.43. The molecule has 3 aromatic rings. The number of ether oxygens (including phenoxy) is 1. The molecule has 4 aliphatic rings. The van der Waals surface area contributed by atoms with E-state index in [0.29, 0.717) is 50.6 Å². The molecule has 2 atom stereocenters. The number of imide groups is 1. The number of anilines is 1. The van der Waals surface area contributed by atoms with Gasteiger partial charge in [0.2, 0.25) is 5.36 Å². The van der Waals surface area contributed by atoms with Crippen molar-refractivity contribution < 1.29 is 46.8 Å². The zero-order valence-electron chi connectivity index (χ0n) is 32.0. The lowest BCUT2D eigenvalue weighted by molar-refractivity contribution is -0.172. The van der Waals surface area contributed by atoms with E-state index in [0.717, 1.165) is 29.8 Å². The van der Waals surface area contributed by atoms with Gasteiger partial charge in [-0.25, -0.2) is 14.2 Å². The summed E-state index contributed by atoms with van der Waals surface area (Å²) in [5, 5.41) is 11.8. The highest BCUT2D eigenvalue weighted by Gasteiger charge is 2.42. The second kappa shape index (κ2) is 13.6. The van der Waals surface area contributed by atoms with E-state index in [2.05, 4.69) is 25.3 Å². The third-order valence-electron chi connectivity index (χ3n) is 11.9. The molecule has 16 heteroatoms. The van der Waals surface area contributed by atoms with Crippen LogP contribution in [0.1, 0.15) is 122 Å². The van der Waals surface area contributed by atoms with Crippen molar-refractivity contribution in [3.05, 3.63) is 84.3 Å². The molecule has 3 aromatic carbocycles. The third-order valence-corrected chi connectivity index (χ3v) is 13.4. The number of fused-ring (bicyclic) bond motifs is 4. The number of hydrogen-bond acceptors (Lipinski definition) is 9. The number of nitrogens with zero attached hydrogens (tertiary/aromatic N) is 3. The standard InChI is InChI=1S/C40H41Cl2N3O10S/c1-8-19-16-39(2,3)43(6)27-14-29-23(11-21(19)27)33(24-12-22-20(18-56(51,52)53)17-40(4,5)44(7)28(22)15-30(24)54-29)34-26(41)13-25(36(42)35(34)37(48)49)38(50)55-45-31(46)9-10-32(45)47/h11-15,19-20H,8-10,16-18H2,1-7H3,(H-,48,49,51,52,53)/p+1. The summed E-state index contributed by atoms with van der Waals surface area (Å²) in [7, 11) is -0.531. The minimum Gasteiger partial charge on any atom is -0.478 e. The summed E-state index contributed by atoms with van der Waals surface area (Å²) in [6.07, 6.45) is 1.70. The number of amides is 2. The molecule has 13 nitrogen and oxygen atoms in total. The zero-order valence-corrected chi connectivity index (χ0v) is 34.3. The quantitative estimate of drug-likeness (QED) is 0.134. The Morgan fingerprint density at radius 1 is 0.982 bits per heavy atom. The molecule has 0 spiro atoms. The van der Waals surface area contributed by atoms with Gasteiger partial charge in [0.05, 0.1) is 33.0 Å². The van der Waals surface area contributed by atoms with Crippen molar-refractivity contribution in [1.29, 1.82) is 0 Å². The maximum atomic E-state index is 13.4. The highest BCUT2D eigenvalue weighted by molar-refractivity contribution is 7.85. The molecule has 1 fully saturated rings. The third kappa shape index (κ3) is 6.53. The Kier molecular flexibility index (Phi) is 9.62. The molecule has 2 unspecified atom stereocenters. The van der Waals surface area contributed by atoms with Crippen LogP contribution < -0.4 is 24.8 Å². The van der Waals surface area contributed by atoms with Crippen LogP contribution in [0, 0.1) is 0 Å². The first-order valence-electron chi connectivity index (χ1n) is 18.2. The first-order valence-corrected chi connectivity index (χ1v) is 20.6. The van der Waals surface area contributed by atoms with Crippen LogP contribution in [-0.2, 0) is 24.5 Å². The Morgan fingerprint density at radius 3 is 2.25 bits per heavy atom. The largest absolute Gasteiger partial charge is 0.478 e. The molecule has 0 radical (unpaired) electrons. The fraction of sp³-hybridized carbons (Fsp3) is 0.425. The van der Waals surface area contributed by atoms with E-state index >= 15 is 0 Å². The maximum absolute atomic E-state index is 13.4. The van der Waals surface area contributed by atoms with Gasteiger partial charge in [-0.05, 0) is 70.2 Å². The summed E-state index contributed by atoms with van der Waals surface area (Å²) in [4.78, 5) is 58.3. The van der Waals surface area contributed by atoms with Crippen molar-refractivity contribution in [1.82, 2.24) is 9.64 Å². The van der Waals surface area contributed by atoms with E-state index in [4.69, 9.17) is 32.8 Å². The fourth-order valence-corrected chi connectivity index (χ4v) is 10.0. The van der Waals surface area contributed by atoms with Gasteiger partial charge in [0.15, 0.2) is 5.54 Å². The maximum Gasteiger partial charge on any atom is 0.365 e. The summed E-state index contributed by atoms with van der Waals surface area (Å²) >= 11 is 13.8. The minimum absolute atomic E-state index is 0.0480. The zero-order chi connectivity index (χ0) is 41.0. The van der Waals surface area contributed by atoms with Gasteiger partial charge in [-0.2, -0.15) is 8.42 Å². The molecule has 4 heterocycles. The number of benzene rings is 3. The Bertz CT molecular complexity index is 2530. The number of aromatic carboxylic acids is 1. The van der Waals surface area contributed by atoms with Crippen molar-refractivity contribution in [2.75, 3.05) is 24.7 Å². The predicted molar refractivity (Wildman–Crippen MR) is 209 cm³/mol. The Hall–Kier alpha value is -4.50. The van der Waals surface area contributed by atoms with Gasteiger partial charge in [0, 0.05) is 77.0 Å². The first kappa shape index (κ1) is 39.7. The number of hydrogen-bond donors (Lipinski definition) is 2. The summed E-state index contributed by atoms with van der Waals surface area (Å²) < 4.78 is 43.7. The van der Waals surface area contributed by atoms with Crippen LogP contribution in [-0.4, -0.2) is 77.8 Å². The van der Waals surface area contributed by atoms with Crippen LogP contribution >= 0.6 is 23.2 Å². The lowest BCUT2D eigenvalue weighted by atomic mass is 9.77. The van der Waals surface area contributed by atoms with E-state index in [1.54, 1.807) is 12.1 Å². The Labute approximate surface area is 333 Å². The molecule has 0 saturated carbocycles. The SMILES string of the molecule is CCC1CC(C)(C)[N+](C)=c2cc3c(cc21)=C(c1c(Cl)cc(C(=O)ON2C(=O)CCC2=O)c(Cl)c1C(=O)O)c1cc2c(cc1O3)N(C)C(C)(C)CC2CS(=O)(=O)O. The molecular formula is C40H42Cl2N3O10S+. The van der Waals surface area contributed by atoms with Crippen molar-refractivity contribution >= 4 is 68.3 Å². The van der Waals surface area contributed by atoms with Crippen LogP contribution in [0.4, 0.5) is 5.69 Å². The number of rotatable bonds is 7.